The number of benzene rings is 2. The quantitative estimate of drug-likeness (QED) is 0.399. The lowest BCUT2D eigenvalue weighted by molar-refractivity contribution is 0.0797. The maximum atomic E-state index is 12.9. The number of carbonyl (C=O) groups excluding carboxylic acids is 1. The molecule has 3 aliphatic rings. The molecule has 0 saturated carbocycles. The van der Waals surface area contributed by atoms with Crippen LogP contribution in [-0.4, -0.2) is 41.7 Å². The Labute approximate surface area is 220 Å². The third-order valence-corrected chi connectivity index (χ3v) is 8.20. The third-order valence-electron chi connectivity index (χ3n) is 7.18. The lowest BCUT2D eigenvalue weighted by Crippen LogP contribution is -2.32. The minimum absolute atomic E-state index is 0.0656. The lowest BCUT2D eigenvalue weighted by Gasteiger charge is -2.35. The molecular formula is C30H30N2O4S. The third kappa shape index (κ3) is 3.98. The lowest BCUT2D eigenvalue weighted by atomic mass is 9.83. The van der Waals surface area contributed by atoms with E-state index in [0.29, 0.717) is 17.3 Å². The number of likely N-dealkylation sites (tertiary alicyclic amines) is 1. The topological polar surface area (TPSA) is 71.0 Å². The summed E-state index contributed by atoms with van der Waals surface area (Å²) in [6.07, 6.45) is 6.38. The first-order valence-electron chi connectivity index (χ1n) is 12.6. The van der Waals surface area contributed by atoms with Crippen LogP contribution < -0.4 is 14.8 Å². The number of nitrogens with one attached hydrogen (secondary N) is 1. The molecule has 2 N–H and O–H groups in total. The highest BCUT2D eigenvalue weighted by Gasteiger charge is 2.33. The first-order valence-corrected chi connectivity index (χ1v) is 13.4. The van der Waals surface area contributed by atoms with Crippen LogP contribution in [0.2, 0.25) is 0 Å². The number of fused-ring (bicyclic) bond motifs is 5. The second kappa shape index (κ2) is 8.70. The molecule has 0 bridgehead atoms. The van der Waals surface area contributed by atoms with E-state index in [2.05, 4.69) is 44.3 Å². The highest BCUT2D eigenvalue weighted by atomic mass is 32.1. The van der Waals surface area contributed by atoms with E-state index in [1.165, 1.54) is 11.3 Å². The van der Waals surface area contributed by atoms with Crippen LogP contribution in [0.3, 0.4) is 0 Å². The van der Waals surface area contributed by atoms with Gasteiger partial charge in [0.05, 0.1) is 23.1 Å². The molecule has 3 aliphatic heterocycles. The number of phenolic OH excluding ortho intramolecular Hbond substituents is 1. The highest BCUT2D eigenvalue weighted by Crippen LogP contribution is 2.54. The van der Waals surface area contributed by atoms with Crippen LogP contribution in [0.15, 0.2) is 42.5 Å². The van der Waals surface area contributed by atoms with Crippen molar-refractivity contribution < 1.29 is 19.4 Å². The molecule has 4 heterocycles. The zero-order valence-corrected chi connectivity index (χ0v) is 22.3. The zero-order chi connectivity index (χ0) is 25.9. The van der Waals surface area contributed by atoms with Gasteiger partial charge in [-0.15, -0.1) is 11.3 Å². The zero-order valence-electron chi connectivity index (χ0n) is 21.5. The molecule has 0 aliphatic carbocycles. The van der Waals surface area contributed by atoms with Crippen molar-refractivity contribution in [1.82, 2.24) is 4.90 Å². The van der Waals surface area contributed by atoms with Crippen LogP contribution >= 0.6 is 11.3 Å². The van der Waals surface area contributed by atoms with Gasteiger partial charge in [0.2, 0.25) is 0 Å². The van der Waals surface area contributed by atoms with Gasteiger partial charge in [-0.2, -0.15) is 0 Å². The van der Waals surface area contributed by atoms with Crippen molar-refractivity contribution in [1.29, 1.82) is 0 Å². The Bertz CT molecular complexity index is 1490. The number of aromatic hydroxyl groups is 1. The Hall–Kier alpha value is -3.71. The summed E-state index contributed by atoms with van der Waals surface area (Å²) in [5.41, 5.74) is 5.64. The Morgan fingerprint density at radius 2 is 1.89 bits per heavy atom. The van der Waals surface area contributed by atoms with Crippen LogP contribution in [0.25, 0.3) is 28.5 Å². The molecule has 37 heavy (non-hydrogen) atoms. The number of rotatable bonds is 3. The van der Waals surface area contributed by atoms with E-state index in [4.69, 9.17) is 9.47 Å². The number of nitrogens with zero attached hydrogens (tertiary/aromatic N) is 1. The van der Waals surface area contributed by atoms with Crippen molar-refractivity contribution in [3.05, 3.63) is 63.4 Å². The molecule has 7 heteroatoms. The molecule has 190 valence electrons. The van der Waals surface area contributed by atoms with Crippen molar-refractivity contribution in [2.75, 3.05) is 25.5 Å². The average Bonchev–Trinajstić information content (AvgIpc) is 3.55. The number of thiophene rings is 1. The summed E-state index contributed by atoms with van der Waals surface area (Å²) in [5, 5.41) is 14.2. The molecule has 3 aromatic rings. The largest absolute Gasteiger partial charge is 0.504 e. The molecule has 2 aromatic carbocycles. The Morgan fingerprint density at radius 3 is 2.65 bits per heavy atom. The number of methoxy groups -OCH3 is 1. The Kier molecular flexibility index (Phi) is 5.57. The van der Waals surface area contributed by atoms with Crippen molar-refractivity contribution in [2.24, 2.45) is 0 Å². The van der Waals surface area contributed by atoms with E-state index in [-0.39, 0.29) is 17.2 Å². The van der Waals surface area contributed by atoms with E-state index in [9.17, 15) is 9.90 Å². The van der Waals surface area contributed by atoms with E-state index in [1.54, 1.807) is 19.2 Å². The predicted molar refractivity (Wildman–Crippen MR) is 149 cm³/mol. The van der Waals surface area contributed by atoms with Gasteiger partial charge in [-0.1, -0.05) is 12.1 Å². The molecular weight excluding hydrogens is 484 g/mol. The predicted octanol–water partition coefficient (Wildman–Crippen LogP) is 6.86. The molecule has 1 fully saturated rings. The maximum Gasteiger partial charge on any atom is 0.263 e. The highest BCUT2D eigenvalue weighted by molar-refractivity contribution is 7.14. The van der Waals surface area contributed by atoms with Gasteiger partial charge < -0.3 is 24.8 Å². The Balaban J connectivity index is 1.52. The smallest absolute Gasteiger partial charge is 0.263 e. The molecule has 1 amide bonds. The minimum Gasteiger partial charge on any atom is -0.504 e. The van der Waals surface area contributed by atoms with E-state index in [1.807, 2.05) is 23.1 Å². The fourth-order valence-electron chi connectivity index (χ4n) is 5.70. The summed E-state index contributed by atoms with van der Waals surface area (Å²) in [6.45, 7) is 8.07. The van der Waals surface area contributed by atoms with Crippen LogP contribution in [0.4, 0.5) is 5.69 Å². The molecule has 6 nitrogen and oxygen atoms in total. The number of hydrogen-bond acceptors (Lipinski definition) is 6. The van der Waals surface area contributed by atoms with Gasteiger partial charge >= 0.3 is 0 Å². The Morgan fingerprint density at radius 1 is 1.11 bits per heavy atom. The van der Waals surface area contributed by atoms with Gasteiger partial charge in [-0.05, 0) is 75.6 Å². The number of carbonyl (C=O) groups is 1. The second-order valence-electron chi connectivity index (χ2n) is 10.4. The summed E-state index contributed by atoms with van der Waals surface area (Å²) < 4.78 is 12.1. The maximum absolute atomic E-state index is 12.9. The van der Waals surface area contributed by atoms with Crippen molar-refractivity contribution in [3.63, 3.8) is 0 Å². The van der Waals surface area contributed by atoms with Gasteiger partial charge in [-0.3, -0.25) is 4.79 Å². The summed E-state index contributed by atoms with van der Waals surface area (Å²) in [4.78, 5) is 16.6. The fourth-order valence-corrected chi connectivity index (χ4v) is 6.61. The minimum atomic E-state index is -0.183. The number of ether oxygens (including phenoxy) is 2. The molecule has 0 unspecified atom stereocenters. The summed E-state index contributed by atoms with van der Waals surface area (Å²) in [5.74, 6) is 1.87. The number of allylic oxidation sites excluding steroid dienone is 1. The van der Waals surface area contributed by atoms with E-state index in [0.717, 1.165) is 69.2 Å². The van der Waals surface area contributed by atoms with E-state index < -0.39 is 0 Å². The molecule has 0 radical (unpaired) electrons. The van der Waals surface area contributed by atoms with Crippen molar-refractivity contribution >= 4 is 40.3 Å². The van der Waals surface area contributed by atoms with Gasteiger partial charge in [0, 0.05) is 40.3 Å². The van der Waals surface area contributed by atoms with Crippen LogP contribution in [-0.2, 0) is 0 Å². The molecule has 1 aromatic heterocycles. The standard InChI is InChI=1S/C30H30N2O4S/c1-17-16-30(2,3)31-20-9-8-19-26(25(17)20)23(36-22-11-10-21(33)28(35-4)27(19)22)15-18-7-12-24(37-18)29(34)32-13-5-6-14-32/h7-12,15-16,31,33H,5-6,13-14H2,1-4H3. The van der Waals surface area contributed by atoms with Crippen LogP contribution in [0.1, 0.15) is 59.3 Å². The fraction of sp³-hybridized carbons (Fsp3) is 0.300. The summed E-state index contributed by atoms with van der Waals surface area (Å²) in [7, 11) is 1.55. The monoisotopic (exact) mass is 514 g/mol. The first kappa shape index (κ1) is 23.7. The molecule has 0 atom stereocenters. The number of hydrogen-bond donors (Lipinski definition) is 2. The second-order valence-corrected chi connectivity index (χ2v) is 11.5. The van der Waals surface area contributed by atoms with E-state index >= 15 is 0 Å². The number of anilines is 1. The van der Waals surface area contributed by atoms with Crippen LogP contribution in [0, 0.1) is 0 Å². The van der Waals surface area contributed by atoms with Crippen molar-refractivity contribution in [3.8, 4) is 28.4 Å². The van der Waals surface area contributed by atoms with Crippen molar-refractivity contribution in [2.45, 2.75) is 39.2 Å². The van der Waals surface area contributed by atoms with Gasteiger partial charge in [0.15, 0.2) is 11.5 Å². The first-order chi connectivity index (χ1) is 17.8. The number of phenols is 1. The molecule has 0 spiro atoms. The SMILES string of the molecule is COc1c(O)ccc2c1-c1ccc3c(c1C(=Cc1ccc(C(=O)N4CCCC4)s1)O2)C(C)=CC(C)(C)N3. The normalized spacial score (nSPS) is 18.3. The summed E-state index contributed by atoms with van der Waals surface area (Å²) in [6, 6.07) is 11.4. The van der Waals surface area contributed by atoms with Crippen LogP contribution in [0.5, 0.6) is 17.2 Å². The molecule has 1 saturated heterocycles. The average molecular weight is 515 g/mol. The van der Waals surface area contributed by atoms with Gasteiger partial charge in [0.1, 0.15) is 11.5 Å². The van der Waals surface area contributed by atoms with Gasteiger partial charge in [-0.25, -0.2) is 0 Å². The molecule has 6 rings (SSSR count). The van der Waals surface area contributed by atoms with Gasteiger partial charge in [0.25, 0.3) is 5.91 Å². The summed E-state index contributed by atoms with van der Waals surface area (Å²) >= 11 is 1.48. The number of amides is 1.